The molecule has 0 aliphatic rings. The summed E-state index contributed by atoms with van der Waals surface area (Å²) in [5.41, 5.74) is 2.22. The van der Waals surface area contributed by atoms with E-state index in [-0.39, 0.29) is 5.91 Å². The lowest BCUT2D eigenvalue weighted by molar-refractivity contribution is 0.0946. The molecule has 0 unspecified atom stereocenters. The summed E-state index contributed by atoms with van der Waals surface area (Å²) < 4.78 is 1.03. The van der Waals surface area contributed by atoms with Crippen LogP contribution in [0, 0.1) is 0 Å². The molecule has 22 heavy (non-hydrogen) atoms. The number of rotatable bonds is 6. The van der Waals surface area contributed by atoms with Gasteiger partial charge < -0.3 is 15.5 Å². The van der Waals surface area contributed by atoms with Gasteiger partial charge in [0, 0.05) is 23.2 Å². The van der Waals surface area contributed by atoms with Gasteiger partial charge in [0.2, 0.25) is 0 Å². The van der Waals surface area contributed by atoms with Crippen LogP contribution in [-0.4, -0.2) is 43.0 Å². The number of hydrogen-bond acceptors (Lipinski definition) is 4. The maximum atomic E-state index is 11.9. The lowest BCUT2D eigenvalue weighted by atomic mass is 10.3. The monoisotopic (exact) mass is 362 g/mol. The van der Waals surface area contributed by atoms with Gasteiger partial charge in [0.25, 0.3) is 5.91 Å². The lowest BCUT2D eigenvalue weighted by Crippen LogP contribution is -2.31. The van der Waals surface area contributed by atoms with E-state index in [0.717, 1.165) is 22.4 Å². The summed E-state index contributed by atoms with van der Waals surface area (Å²) in [6.45, 7) is 1.40. The van der Waals surface area contributed by atoms with Gasteiger partial charge in [0.15, 0.2) is 0 Å². The van der Waals surface area contributed by atoms with E-state index in [2.05, 4.69) is 31.5 Å². The molecule has 0 atom stereocenters. The lowest BCUT2D eigenvalue weighted by Gasteiger charge is -2.10. The molecule has 0 aliphatic carbocycles. The first-order valence-corrected chi connectivity index (χ1v) is 7.75. The van der Waals surface area contributed by atoms with Gasteiger partial charge in [-0.1, -0.05) is 15.9 Å². The van der Waals surface area contributed by atoms with Crippen molar-refractivity contribution in [1.29, 1.82) is 0 Å². The van der Waals surface area contributed by atoms with Crippen LogP contribution in [0.5, 0.6) is 0 Å². The van der Waals surface area contributed by atoms with Crippen LogP contribution in [0.25, 0.3) is 0 Å². The summed E-state index contributed by atoms with van der Waals surface area (Å²) >= 11 is 3.40. The first-order valence-electron chi connectivity index (χ1n) is 6.96. The SMILES string of the molecule is CN(C)CCNC(=O)c1ccc(Nc2ccc(Br)cc2)cn1. The molecule has 2 aromatic rings. The normalized spacial score (nSPS) is 10.5. The maximum Gasteiger partial charge on any atom is 0.269 e. The molecule has 1 heterocycles. The number of anilines is 2. The fourth-order valence-corrected chi connectivity index (χ4v) is 2.05. The number of benzene rings is 1. The summed E-state index contributed by atoms with van der Waals surface area (Å²) in [5, 5.41) is 6.07. The zero-order valence-corrected chi connectivity index (χ0v) is 14.2. The Hall–Kier alpha value is -1.92. The Bertz CT molecular complexity index is 611. The van der Waals surface area contributed by atoms with Crippen molar-refractivity contribution in [3.8, 4) is 0 Å². The van der Waals surface area contributed by atoms with E-state index in [4.69, 9.17) is 0 Å². The predicted molar refractivity (Wildman–Crippen MR) is 92.5 cm³/mol. The number of nitrogens with zero attached hydrogens (tertiary/aromatic N) is 2. The first kappa shape index (κ1) is 16.5. The van der Waals surface area contributed by atoms with Gasteiger partial charge in [0.1, 0.15) is 5.69 Å². The summed E-state index contributed by atoms with van der Waals surface area (Å²) in [6.07, 6.45) is 1.66. The Kier molecular flexibility index (Phi) is 5.91. The van der Waals surface area contributed by atoms with E-state index < -0.39 is 0 Å². The number of aromatic nitrogens is 1. The van der Waals surface area contributed by atoms with Gasteiger partial charge in [-0.15, -0.1) is 0 Å². The summed E-state index contributed by atoms with van der Waals surface area (Å²) in [4.78, 5) is 18.1. The van der Waals surface area contributed by atoms with Crippen LogP contribution in [0.3, 0.4) is 0 Å². The highest BCUT2D eigenvalue weighted by Crippen LogP contribution is 2.18. The molecule has 1 aromatic heterocycles. The molecule has 2 N–H and O–H groups in total. The standard InChI is InChI=1S/C16H19BrN4O/c1-21(2)10-9-18-16(22)15-8-7-14(11-19-15)20-13-5-3-12(17)4-6-13/h3-8,11,20H,9-10H2,1-2H3,(H,18,22). The topological polar surface area (TPSA) is 57.3 Å². The second-order valence-electron chi connectivity index (χ2n) is 5.12. The third kappa shape index (κ3) is 5.13. The Morgan fingerprint density at radius 3 is 2.41 bits per heavy atom. The molecular formula is C16H19BrN4O. The molecule has 5 nitrogen and oxygen atoms in total. The van der Waals surface area contributed by atoms with Crippen LogP contribution in [-0.2, 0) is 0 Å². The maximum absolute atomic E-state index is 11.9. The van der Waals surface area contributed by atoms with E-state index in [1.807, 2.05) is 49.3 Å². The fraction of sp³-hybridized carbons (Fsp3) is 0.250. The van der Waals surface area contributed by atoms with E-state index in [1.165, 1.54) is 0 Å². The van der Waals surface area contributed by atoms with Crippen molar-refractivity contribution in [2.24, 2.45) is 0 Å². The third-order valence-electron chi connectivity index (χ3n) is 2.97. The predicted octanol–water partition coefficient (Wildman–Crippen LogP) is 2.88. The molecule has 1 amide bonds. The molecule has 0 radical (unpaired) electrons. The van der Waals surface area contributed by atoms with Crippen LogP contribution in [0.4, 0.5) is 11.4 Å². The van der Waals surface area contributed by atoms with Crippen molar-refractivity contribution in [3.05, 3.63) is 52.8 Å². The highest BCUT2D eigenvalue weighted by molar-refractivity contribution is 9.10. The molecule has 0 spiro atoms. The van der Waals surface area contributed by atoms with E-state index in [1.54, 1.807) is 12.3 Å². The van der Waals surface area contributed by atoms with Gasteiger partial charge in [-0.25, -0.2) is 4.98 Å². The zero-order chi connectivity index (χ0) is 15.9. The number of halogens is 1. The molecule has 0 bridgehead atoms. The molecule has 0 saturated heterocycles. The second kappa shape index (κ2) is 7.91. The van der Waals surface area contributed by atoms with Gasteiger partial charge >= 0.3 is 0 Å². The minimum atomic E-state index is -0.156. The highest BCUT2D eigenvalue weighted by Gasteiger charge is 2.06. The van der Waals surface area contributed by atoms with E-state index in [0.29, 0.717) is 12.2 Å². The number of carbonyl (C=O) groups excluding carboxylic acids is 1. The van der Waals surface area contributed by atoms with Crippen molar-refractivity contribution in [1.82, 2.24) is 15.2 Å². The van der Waals surface area contributed by atoms with Gasteiger partial charge in [-0.05, 0) is 50.5 Å². The molecule has 116 valence electrons. The number of hydrogen-bond donors (Lipinski definition) is 2. The zero-order valence-electron chi connectivity index (χ0n) is 12.6. The fourth-order valence-electron chi connectivity index (χ4n) is 1.79. The molecule has 6 heteroatoms. The largest absolute Gasteiger partial charge is 0.354 e. The number of amides is 1. The first-order chi connectivity index (χ1) is 10.5. The number of nitrogens with one attached hydrogen (secondary N) is 2. The van der Waals surface area contributed by atoms with Gasteiger partial charge in [0.05, 0.1) is 11.9 Å². The molecular weight excluding hydrogens is 344 g/mol. The highest BCUT2D eigenvalue weighted by atomic mass is 79.9. The molecule has 0 saturated carbocycles. The van der Waals surface area contributed by atoms with Crippen molar-refractivity contribution in [2.75, 3.05) is 32.5 Å². The summed E-state index contributed by atoms with van der Waals surface area (Å²) in [6, 6.07) is 11.4. The summed E-state index contributed by atoms with van der Waals surface area (Å²) in [5.74, 6) is -0.156. The van der Waals surface area contributed by atoms with Gasteiger partial charge in [-0.3, -0.25) is 4.79 Å². The van der Waals surface area contributed by atoms with Crippen LogP contribution >= 0.6 is 15.9 Å². The van der Waals surface area contributed by atoms with E-state index in [9.17, 15) is 4.79 Å². The van der Waals surface area contributed by atoms with Crippen LogP contribution in [0.1, 0.15) is 10.5 Å². The van der Waals surface area contributed by atoms with Crippen LogP contribution in [0.15, 0.2) is 47.1 Å². The molecule has 2 rings (SSSR count). The molecule has 0 aliphatic heterocycles. The number of likely N-dealkylation sites (N-methyl/N-ethyl adjacent to an activating group) is 1. The smallest absolute Gasteiger partial charge is 0.269 e. The van der Waals surface area contributed by atoms with Gasteiger partial charge in [-0.2, -0.15) is 0 Å². The second-order valence-corrected chi connectivity index (χ2v) is 6.04. The van der Waals surface area contributed by atoms with Crippen molar-refractivity contribution in [3.63, 3.8) is 0 Å². The Balaban J connectivity index is 1.92. The molecule has 1 aromatic carbocycles. The Labute approximate surface area is 138 Å². The van der Waals surface area contributed by atoms with Crippen molar-refractivity contribution < 1.29 is 4.79 Å². The van der Waals surface area contributed by atoms with E-state index >= 15 is 0 Å². The molecule has 0 fully saturated rings. The minimum Gasteiger partial charge on any atom is -0.354 e. The minimum absolute atomic E-state index is 0.156. The average Bonchev–Trinajstić information content (AvgIpc) is 2.50. The Morgan fingerprint density at radius 2 is 1.82 bits per heavy atom. The third-order valence-corrected chi connectivity index (χ3v) is 3.50. The average molecular weight is 363 g/mol. The quantitative estimate of drug-likeness (QED) is 0.829. The van der Waals surface area contributed by atoms with Crippen molar-refractivity contribution >= 4 is 33.2 Å². The van der Waals surface area contributed by atoms with Crippen LogP contribution in [0.2, 0.25) is 0 Å². The van der Waals surface area contributed by atoms with Crippen LogP contribution < -0.4 is 10.6 Å². The number of pyridine rings is 1. The van der Waals surface area contributed by atoms with Crippen molar-refractivity contribution in [2.45, 2.75) is 0 Å². The summed E-state index contributed by atoms with van der Waals surface area (Å²) in [7, 11) is 3.93. The Morgan fingerprint density at radius 1 is 1.14 bits per heavy atom. The number of carbonyl (C=O) groups is 1.